The van der Waals surface area contributed by atoms with Crippen molar-refractivity contribution in [2.45, 2.75) is 25.5 Å². The number of amides is 1. The van der Waals surface area contributed by atoms with E-state index in [9.17, 15) is 4.79 Å². The zero-order chi connectivity index (χ0) is 19.1. The minimum absolute atomic E-state index is 0.0389. The van der Waals surface area contributed by atoms with Gasteiger partial charge in [0.05, 0.1) is 24.8 Å². The summed E-state index contributed by atoms with van der Waals surface area (Å²) in [7, 11) is 3.18. The normalized spacial score (nSPS) is 17.5. The van der Waals surface area contributed by atoms with Gasteiger partial charge in [-0.25, -0.2) is 0 Å². The van der Waals surface area contributed by atoms with Gasteiger partial charge in [0.25, 0.3) is 5.91 Å². The third-order valence-corrected chi connectivity index (χ3v) is 5.51. The zero-order valence-corrected chi connectivity index (χ0v) is 16.6. The fourth-order valence-electron chi connectivity index (χ4n) is 3.32. The maximum atomic E-state index is 12.7. The molecule has 3 rings (SSSR count). The first-order chi connectivity index (χ1) is 13.2. The molecule has 2 aromatic rings. The van der Waals surface area contributed by atoms with Gasteiger partial charge in [0.15, 0.2) is 6.54 Å². The topological polar surface area (TPSA) is 61.2 Å². The van der Waals surface area contributed by atoms with Crippen molar-refractivity contribution in [1.82, 2.24) is 0 Å². The molecule has 2 atom stereocenters. The van der Waals surface area contributed by atoms with E-state index in [2.05, 4.69) is 16.8 Å². The quantitative estimate of drug-likeness (QED) is 0.686. The number of rotatable bonds is 9. The molecule has 1 aliphatic heterocycles. The molecular weight excluding hydrogens is 364 g/mol. The molecule has 6 nitrogen and oxygen atoms in total. The lowest BCUT2D eigenvalue weighted by atomic mass is 10.2. The van der Waals surface area contributed by atoms with Crippen molar-refractivity contribution in [3.05, 3.63) is 40.6 Å². The van der Waals surface area contributed by atoms with Crippen molar-refractivity contribution in [1.29, 1.82) is 0 Å². The Morgan fingerprint density at radius 2 is 2.22 bits per heavy atom. The molecule has 2 N–H and O–H groups in total. The van der Waals surface area contributed by atoms with E-state index in [1.807, 2.05) is 6.07 Å². The maximum absolute atomic E-state index is 12.7. The number of benzene rings is 1. The standard InChI is InChI=1S/C20H26N2O4S/c1-24-15-7-8-18(19(11-15)25-2)21-20(23)14-22(12-16-5-3-9-26-16)13-17-6-4-10-27-17/h4,6-8,10-11,16H,3,5,9,12-14H2,1-2H3,(H,21,23)/p+1/t16-/m1/s1. The summed E-state index contributed by atoms with van der Waals surface area (Å²) in [5.74, 6) is 1.23. The molecule has 0 saturated carbocycles. The SMILES string of the molecule is COc1ccc(NC(=O)C[NH+](Cc2cccs2)C[C@H]2CCCO2)c(OC)c1. The van der Waals surface area contributed by atoms with Gasteiger partial charge in [-0.1, -0.05) is 6.07 Å². The summed E-state index contributed by atoms with van der Waals surface area (Å²) < 4.78 is 16.4. The van der Waals surface area contributed by atoms with Gasteiger partial charge >= 0.3 is 0 Å². The number of nitrogens with one attached hydrogen (secondary N) is 2. The monoisotopic (exact) mass is 391 g/mol. The van der Waals surface area contributed by atoms with E-state index in [1.165, 1.54) is 9.78 Å². The number of carbonyl (C=O) groups is 1. The molecule has 7 heteroatoms. The van der Waals surface area contributed by atoms with Crippen LogP contribution in [0.2, 0.25) is 0 Å². The lowest BCUT2D eigenvalue weighted by Crippen LogP contribution is -3.12. The molecule has 0 aliphatic carbocycles. The van der Waals surface area contributed by atoms with Gasteiger partial charge in [-0.15, -0.1) is 11.3 Å². The molecule has 2 heterocycles. The highest BCUT2D eigenvalue weighted by Gasteiger charge is 2.24. The Labute approximate surface area is 164 Å². The van der Waals surface area contributed by atoms with E-state index >= 15 is 0 Å². The Morgan fingerprint density at radius 3 is 2.89 bits per heavy atom. The molecule has 1 aromatic heterocycles. The van der Waals surface area contributed by atoms with Crippen LogP contribution in [0.4, 0.5) is 5.69 Å². The Balaban J connectivity index is 1.64. The molecule has 27 heavy (non-hydrogen) atoms. The highest BCUT2D eigenvalue weighted by Crippen LogP contribution is 2.28. The van der Waals surface area contributed by atoms with Gasteiger partial charge < -0.3 is 24.4 Å². The highest BCUT2D eigenvalue weighted by atomic mass is 32.1. The summed E-state index contributed by atoms with van der Waals surface area (Å²) in [6.45, 7) is 2.87. The molecule has 1 saturated heterocycles. The number of thiophene rings is 1. The van der Waals surface area contributed by atoms with Crippen molar-refractivity contribution < 1.29 is 23.9 Å². The van der Waals surface area contributed by atoms with Crippen molar-refractivity contribution in [2.75, 3.05) is 39.2 Å². The van der Waals surface area contributed by atoms with Crippen molar-refractivity contribution in [2.24, 2.45) is 0 Å². The van der Waals surface area contributed by atoms with E-state index in [0.29, 0.717) is 23.7 Å². The maximum Gasteiger partial charge on any atom is 0.279 e. The van der Waals surface area contributed by atoms with E-state index in [4.69, 9.17) is 14.2 Å². The first-order valence-electron chi connectivity index (χ1n) is 9.17. The van der Waals surface area contributed by atoms with E-state index in [1.54, 1.807) is 43.8 Å². The van der Waals surface area contributed by atoms with Crippen LogP contribution in [-0.2, 0) is 16.1 Å². The van der Waals surface area contributed by atoms with Crippen LogP contribution in [0.5, 0.6) is 11.5 Å². The minimum atomic E-state index is -0.0389. The smallest absolute Gasteiger partial charge is 0.279 e. The van der Waals surface area contributed by atoms with Crippen LogP contribution in [-0.4, -0.2) is 45.9 Å². The number of hydrogen-bond acceptors (Lipinski definition) is 5. The number of methoxy groups -OCH3 is 2. The Hall–Kier alpha value is -2.09. The fraction of sp³-hybridized carbons (Fsp3) is 0.450. The molecule has 1 unspecified atom stereocenters. The van der Waals surface area contributed by atoms with E-state index in [-0.39, 0.29) is 12.0 Å². The van der Waals surface area contributed by atoms with Crippen LogP contribution in [0.3, 0.4) is 0 Å². The van der Waals surface area contributed by atoms with Gasteiger partial charge in [-0.3, -0.25) is 4.79 Å². The summed E-state index contributed by atoms with van der Waals surface area (Å²) in [5, 5.41) is 5.04. The second-order valence-electron chi connectivity index (χ2n) is 6.64. The minimum Gasteiger partial charge on any atom is -0.497 e. The second kappa shape index (κ2) is 9.73. The molecule has 1 aromatic carbocycles. The molecule has 0 bridgehead atoms. The Bertz CT molecular complexity index is 730. The lowest BCUT2D eigenvalue weighted by molar-refractivity contribution is -0.908. The van der Waals surface area contributed by atoms with Crippen LogP contribution in [0.15, 0.2) is 35.7 Å². The molecule has 0 spiro atoms. The molecule has 0 radical (unpaired) electrons. The van der Waals surface area contributed by atoms with Gasteiger partial charge in [0, 0.05) is 12.7 Å². The number of ether oxygens (including phenoxy) is 3. The summed E-state index contributed by atoms with van der Waals surface area (Å²) in [6.07, 6.45) is 2.41. The predicted molar refractivity (Wildman–Crippen MR) is 106 cm³/mol. The average molecular weight is 392 g/mol. The fourth-order valence-corrected chi connectivity index (χ4v) is 4.09. The van der Waals surface area contributed by atoms with Crippen LogP contribution < -0.4 is 19.7 Å². The lowest BCUT2D eigenvalue weighted by Gasteiger charge is -2.21. The van der Waals surface area contributed by atoms with Gasteiger partial charge in [-0.05, 0) is 36.4 Å². The summed E-state index contributed by atoms with van der Waals surface area (Å²) in [5.41, 5.74) is 0.649. The summed E-state index contributed by atoms with van der Waals surface area (Å²) >= 11 is 1.72. The van der Waals surface area contributed by atoms with E-state index < -0.39 is 0 Å². The van der Waals surface area contributed by atoms with Crippen molar-refractivity contribution >= 4 is 22.9 Å². The molecule has 1 aliphatic rings. The average Bonchev–Trinajstić information content (AvgIpc) is 3.36. The molecular formula is C20H27N2O4S+. The third-order valence-electron chi connectivity index (χ3n) is 4.64. The second-order valence-corrected chi connectivity index (χ2v) is 7.67. The van der Waals surface area contributed by atoms with Gasteiger partial charge in [0.1, 0.15) is 30.7 Å². The Kier molecular flexibility index (Phi) is 7.09. The van der Waals surface area contributed by atoms with Crippen LogP contribution >= 0.6 is 11.3 Å². The summed E-state index contributed by atoms with van der Waals surface area (Å²) in [6, 6.07) is 9.53. The summed E-state index contributed by atoms with van der Waals surface area (Å²) in [4.78, 5) is 15.2. The third kappa shape index (κ3) is 5.69. The van der Waals surface area contributed by atoms with Crippen LogP contribution in [0.25, 0.3) is 0 Å². The van der Waals surface area contributed by atoms with Crippen LogP contribution in [0, 0.1) is 0 Å². The Morgan fingerprint density at radius 1 is 1.33 bits per heavy atom. The molecule has 1 fully saturated rings. The van der Waals surface area contributed by atoms with Gasteiger partial charge in [-0.2, -0.15) is 0 Å². The number of anilines is 1. The number of quaternary nitrogens is 1. The van der Waals surface area contributed by atoms with Crippen molar-refractivity contribution in [3.63, 3.8) is 0 Å². The zero-order valence-electron chi connectivity index (χ0n) is 15.8. The molecule has 1 amide bonds. The molecule has 146 valence electrons. The number of hydrogen-bond donors (Lipinski definition) is 2. The first-order valence-corrected chi connectivity index (χ1v) is 10.1. The predicted octanol–water partition coefficient (Wildman–Crippen LogP) is 1.97. The van der Waals surface area contributed by atoms with Crippen LogP contribution in [0.1, 0.15) is 17.7 Å². The highest BCUT2D eigenvalue weighted by molar-refractivity contribution is 7.09. The number of carbonyl (C=O) groups excluding carboxylic acids is 1. The first kappa shape index (κ1) is 19.7. The van der Waals surface area contributed by atoms with E-state index in [0.717, 1.165) is 32.5 Å². The van der Waals surface area contributed by atoms with Gasteiger partial charge in [0.2, 0.25) is 0 Å². The largest absolute Gasteiger partial charge is 0.497 e. The van der Waals surface area contributed by atoms with Crippen molar-refractivity contribution in [3.8, 4) is 11.5 Å².